The van der Waals surface area contributed by atoms with Crippen LogP contribution in [0.5, 0.6) is 0 Å². The van der Waals surface area contributed by atoms with Crippen molar-refractivity contribution in [2.24, 2.45) is 0 Å². The Balaban J connectivity index is 1.83. The molecule has 1 saturated carbocycles. The molecule has 0 amide bonds. The van der Waals surface area contributed by atoms with Crippen molar-refractivity contribution in [3.63, 3.8) is 0 Å². The van der Waals surface area contributed by atoms with Gasteiger partial charge in [0.05, 0.1) is 12.5 Å². The molecule has 0 heterocycles. The molecule has 2 aliphatic carbocycles. The van der Waals surface area contributed by atoms with Gasteiger partial charge in [0.2, 0.25) is 0 Å². The van der Waals surface area contributed by atoms with Gasteiger partial charge in [-0.1, -0.05) is 40.2 Å². The van der Waals surface area contributed by atoms with Crippen LogP contribution in [-0.2, 0) is 27.8 Å². The van der Waals surface area contributed by atoms with E-state index in [1.165, 1.54) is 41.3 Å². The highest BCUT2D eigenvalue weighted by Gasteiger charge is 2.54. The zero-order valence-corrected chi connectivity index (χ0v) is 14.8. The molecule has 0 N–H and O–H groups in total. The first-order valence-electron chi connectivity index (χ1n) is 8.15. The van der Waals surface area contributed by atoms with Gasteiger partial charge >= 0.3 is 5.97 Å². The minimum atomic E-state index is -0.360. The molecule has 3 heteroatoms. The van der Waals surface area contributed by atoms with E-state index in [0.717, 1.165) is 30.2 Å². The highest BCUT2D eigenvalue weighted by atomic mass is 79.9. The van der Waals surface area contributed by atoms with Crippen LogP contribution in [-0.4, -0.2) is 13.1 Å². The number of carbonyl (C=O) groups is 1. The molecule has 2 nitrogen and oxygen atoms in total. The van der Waals surface area contributed by atoms with Crippen LogP contribution in [0.1, 0.15) is 36.0 Å². The molecule has 0 bridgehead atoms. The Hall–Kier alpha value is -1.61. The van der Waals surface area contributed by atoms with Crippen LogP contribution in [0.4, 0.5) is 0 Å². The molecule has 2 aromatic carbocycles. The Morgan fingerprint density at radius 3 is 2.39 bits per heavy atom. The smallest absolute Gasteiger partial charge is 0.316 e. The Kier molecular flexibility index (Phi) is 3.56. The number of methoxy groups -OCH3 is 1. The van der Waals surface area contributed by atoms with Crippen LogP contribution in [0.15, 0.2) is 40.9 Å². The Morgan fingerprint density at radius 1 is 1.04 bits per heavy atom. The van der Waals surface area contributed by atoms with Crippen molar-refractivity contribution in [3.8, 4) is 11.1 Å². The summed E-state index contributed by atoms with van der Waals surface area (Å²) < 4.78 is 6.17. The fourth-order valence-corrected chi connectivity index (χ4v) is 4.22. The number of benzene rings is 2. The number of rotatable bonds is 3. The highest BCUT2D eigenvalue weighted by molar-refractivity contribution is 9.10. The van der Waals surface area contributed by atoms with Crippen LogP contribution in [0, 0.1) is 0 Å². The van der Waals surface area contributed by atoms with E-state index in [4.69, 9.17) is 4.74 Å². The molecular formula is C20H19BrO2. The van der Waals surface area contributed by atoms with Gasteiger partial charge in [-0.2, -0.15) is 0 Å². The quantitative estimate of drug-likeness (QED) is 0.724. The van der Waals surface area contributed by atoms with Crippen LogP contribution >= 0.6 is 15.9 Å². The number of carbonyl (C=O) groups excluding carboxylic acids is 1. The van der Waals surface area contributed by atoms with Crippen molar-refractivity contribution in [2.75, 3.05) is 7.11 Å². The number of hydrogen-bond donors (Lipinski definition) is 0. The summed E-state index contributed by atoms with van der Waals surface area (Å²) in [4.78, 5) is 12.3. The fraction of sp³-hybridized carbons (Fsp3) is 0.350. The zero-order chi connectivity index (χ0) is 16.0. The van der Waals surface area contributed by atoms with Gasteiger partial charge in [0.25, 0.3) is 0 Å². The molecule has 0 aromatic heterocycles. The largest absolute Gasteiger partial charge is 0.468 e. The zero-order valence-electron chi connectivity index (χ0n) is 13.2. The number of halogens is 1. The van der Waals surface area contributed by atoms with Gasteiger partial charge in [0, 0.05) is 4.47 Å². The highest BCUT2D eigenvalue weighted by Crippen LogP contribution is 2.52. The lowest BCUT2D eigenvalue weighted by Gasteiger charge is -2.19. The monoisotopic (exact) mass is 370 g/mol. The average molecular weight is 371 g/mol. The average Bonchev–Trinajstić information content (AvgIpc) is 3.23. The van der Waals surface area contributed by atoms with Crippen LogP contribution in [0.3, 0.4) is 0 Å². The van der Waals surface area contributed by atoms with E-state index >= 15 is 0 Å². The summed E-state index contributed by atoms with van der Waals surface area (Å²) in [6, 6.07) is 12.9. The molecule has 0 unspecified atom stereocenters. The van der Waals surface area contributed by atoms with E-state index in [1.54, 1.807) is 0 Å². The molecule has 1 fully saturated rings. The summed E-state index contributed by atoms with van der Waals surface area (Å²) in [5, 5.41) is 0. The molecule has 0 radical (unpaired) electrons. The number of ether oxygens (including phenoxy) is 1. The topological polar surface area (TPSA) is 26.3 Å². The van der Waals surface area contributed by atoms with E-state index in [0.29, 0.717) is 0 Å². The standard InChI is InChI=1S/C20H19BrO2/c1-23-19(22)20(11-12-20)18-10-9-15(16-3-2-4-17(16)18)13-5-7-14(21)8-6-13/h5-10H,2-4,11-12H2,1H3. The normalized spacial score (nSPS) is 17.7. The lowest BCUT2D eigenvalue weighted by atomic mass is 9.86. The third-order valence-corrected chi connectivity index (χ3v) is 5.81. The van der Waals surface area contributed by atoms with E-state index in [1.807, 2.05) is 0 Å². The van der Waals surface area contributed by atoms with Crippen LogP contribution in [0.25, 0.3) is 11.1 Å². The molecule has 0 saturated heterocycles. The SMILES string of the molecule is COC(=O)C1(c2ccc(-c3ccc(Br)cc3)c3c2CCC3)CC1. The van der Waals surface area contributed by atoms with Crippen molar-refractivity contribution in [2.45, 2.75) is 37.5 Å². The maximum Gasteiger partial charge on any atom is 0.316 e. The summed E-state index contributed by atoms with van der Waals surface area (Å²) in [6.07, 6.45) is 5.19. The fourth-order valence-electron chi connectivity index (χ4n) is 3.96. The number of fused-ring (bicyclic) bond motifs is 1. The summed E-state index contributed by atoms with van der Waals surface area (Å²) in [5.74, 6) is -0.0667. The maximum absolute atomic E-state index is 12.3. The predicted octanol–water partition coefficient (Wildman–Crippen LogP) is 4.81. The van der Waals surface area contributed by atoms with Gasteiger partial charge in [-0.3, -0.25) is 4.79 Å². The Bertz CT molecular complexity index is 773. The summed E-state index contributed by atoms with van der Waals surface area (Å²) in [6.45, 7) is 0. The van der Waals surface area contributed by atoms with E-state index in [9.17, 15) is 4.79 Å². The molecule has 2 aromatic rings. The summed E-state index contributed by atoms with van der Waals surface area (Å²) >= 11 is 3.50. The minimum Gasteiger partial charge on any atom is -0.468 e. The van der Waals surface area contributed by atoms with E-state index < -0.39 is 0 Å². The van der Waals surface area contributed by atoms with Crippen LogP contribution in [0.2, 0.25) is 0 Å². The summed E-state index contributed by atoms with van der Waals surface area (Å²) in [5.41, 5.74) is 6.25. The maximum atomic E-state index is 12.3. The van der Waals surface area contributed by atoms with Crippen molar-refractivity contribution >= 4 is 21.9 Å². The van der Waals surface area contributed by atoms with Crippen molar-refractivity contribution in [1.82, 2.24) is 0 Å². The van der Waals surface area contributed by atoms with Gasteiger partial charge in [0.15, 0.2) is 0 Å². The van der Waals surface area contributed by atoms with Crippen molar-refractivity contribution in [3.05, 3.63) is 57.6 Å². The van der Waals surface area contributed by atoms with E-state index in [-0.39, 0.29) is 11.4 Å². The first-order valence-corrected chi connectivity index (χ1v) is 8.94. The van der Waals surface area contributed by atoms with Crippen molar-refractivity contribution in [1.29, 1.82) is 0 Å². The van der Waals surface area contributed by atoms with Crippen molar-refractivity contribution < 1.29 is 9.53 Å². The van der Waals surface area contributed by atoms with Gasteiger partial charge in [0.1, 0.15) is 0 Å². The third kappa shape index (κ3) is 2.33. The Labute approximate surface area is 145 Å². The molecule has 4 rings (SSSR count). The van der Waals surface area contributed by atoms with Gasteiger partial charge < -0.3 is 4.74 Å². The number of hydrogen-bond acceptors (Lipinski definition) is 2. The molecule has 0 aliphatic heterocycles. The van der Waals surface area contributed by atoms with Crippen LogP contribution < -0.4 is 0 Å². The molecule has 0 spiro atoms. The molecule has 118 valence electrons. The lowest BCUT2D eigenvalue weighted by Crippen LogP contribution is -2.23. The minimum absolute atomic E-state index is 0.0667. The molecule has 2 aliphatic rings. The molecule has 0 atom stereocenters. The molecule has 23 heavy (non-hydrogen) atoms. The Morgan fingerprint density at radius 2 is 1.74 bits per heavy atom. The predicted molar refractivity (Wildman–Crippen MR) is 94.5 cm³/mol. The van der Waals surface area contributed by atoms with Gasteiger partial charge in [-0.05, 0) is 72.1 Å². The summed E-state index contributed by atoms with van der Waals surface area (Å²) in [7, 11) is 1.50. The lowest BCUT2D eigenvalue weighted by molar-refractivity contribution is -0.143. The second-order valence-corrected chi connectivity index (χ2v) is 7.47. The third-order valence-electron chi connectivity index (χ3n) is 5.28. The molecular weight excluding hydrogens is 352 g/mol. The number of esters is 1. The second kappa shape index (κ2) is 5.48. The van der Waals surface area contributed by atoms with E-state index in [2.05, 4.69) is 52.3 Å². The second-order valence-electron chi connectivity index (χ2n) is 6.55. The van der Waals surface area contributed by atoms with Gasteiger partial charge in [-0.15, -0.1) is 0 Å². The first-order chi connectivity index (χ1) is 11.2. The first kappa shape index (κ1) is 14.9. The van der Waals surface area contributed by atoms with Gasteiger partial charge in [-0.25, -0.2) is 0 Å².